The Kier molecular flexibility index (Phi) is 1.88. The molecule has 0 saturated carbocycles. The van der Waals surface area contributed by atoms with Crippen molar-refractivity contribution >= 4 is 9.24 Å². The molecule has 0 aliphatic heterocycles. The highest BCUT2D eigenvalue weighted by Crippen LogP contribution is 2.18. The molecule has 0 saturated heterocycles. The third-order valence-electron chi connectivity index (χ3n) is 0.272. The van der Waals surface area contributed by atoms with Gasteiger partial charge in [0.2, 0.25) is 0 Å². The van der Waals surface area contributed by atoms with Gasteiger partial charge in [-0.25, -0.2) is 8.78 Å². The highest BCUT2D eigenvalue weighted by atomic mass is 31.0. The van der Waals surface area contributed by atoms with E-state index in [1.165, 1.54) is 9.24 Å². The van der Waals surface area contributed by atoms with Crippen molar-refractivity contribution in [1.82, 2.24) is 0 Å². The van der Waals surface area contributed by atoms with Crippen molar-refractivity contribution in [2.24, 2.45) is 5.73 Å². The van der Waals surface area contributed by atoms with Crippen LogP contribution in [0.15, 0.2) is 0 Å². The molecule has 1 atom stereocenters. The van der Waals surface area contributed by atoms with E-state index in [9.17, 15) is 8.78 Å². The van der Waals surface area contributed by atoms with Crippen LogP contribution in [-0.4, -0.2) is 12.2 Å². The van der Waals surface area contributed by atoms with Crippen LogP contribution < -0.4 is 5.73 Å². The lowest BCUT2D eigenvalue weighted by molar-refractivity contribution is 0.115. The smallest absolute Gasteiger partial charge is 0.270 e. The summed E-state index contributed by atoms with van der Waals surface area (Å²) in [5.41, 5.74) is 1.77. The van der Waals surface area contributed by atoms with E-state index >= 15 is 0 Å². The van der Waals surface area contributed by atoms with Crippen LogP contribution in [0.4, 0.5) is 8.78 Å². The van der Waals surface area contributed by atoms with Gasteiger partial charge >= 0.3 is 0 Å². The summed E-state index contributed by atoms with van der Waals surface area (Å²) < 4.78 is 22.6. The lowest BCUT2D eigenvalue weighted by atomic mass is 10.7. The van der Waals surface area contributed by atoms with Crippen LogP contribution in [0, 0.1) is 0 Å². The molecule has 0 aromatic heterocycles. The van der Waals surface area contributed by atoms with Crippen LogP contribution in [0.25, 0.3) is 0 Å². The molecule has 0 spiro atoms. The topological polar surface area (TPSA) is 26.0 Å². The first-order valence-electron chi connectivity index (χ1n) is 1.43. The first-order chi connectivity index (χ1) is 2.56. The Bertz CT molecular complexity index is 41.3. The van der Waals surface area contributed by atoms with Gasteiger partial charge in [0, 0.05) is 0 Å². The summed E-state index contributed by atoms with van der Waals surface area (Å²) in [7, 11) is 1.33. The minimum Gasteiger partial charge on any atom is -0.325 e. The lowest BCUT2D eigenvalue weighted by Gasteiger charge is -2.01. The average Bonchev–Trinajstić information content (AvgIpc) is 1.35. The molecule has 0 radical (unpaired) electrons. The van der Waals surface area contributed by atoms with Crippen LogP contribution in [0.1, 0.15) is 0 Å². The molecule has 0 rings (SSSR count). The predicted octanol–water partition coefficient (Wildman–Crippen LogP) is 0.413. The van der Waals surface area contributed by atoms with E-state index in [-0.39, 0.29) is 0 Å². The summed E-state index contributed by atoms with van der Waals surface area (Å²) >= 11 is 0. The van der Waals surface area contributed by atoms with Crippen molar-refractivity contribution in [3.05, 3.63) is 0 Å². The number of halogens is 2. The molecule has 4 heteroatoms. The molecule has 0 heterocycles. The predicted molar refractivity (Wildman–Crippen MR) is 23.7 cm³/mol. The molecule has 0 aliphatic carbocycles. The molecule has 0 aromatic carbocycles. The van der Waals surface area contributed by atoms with E-state index < -0.39 is 12.2 Å². The van der Waals surface area contributed by atoms with E-state index in [4.69, 9.17) is 0 Å². The standard InChI is InChI=1S/C2H6F2NP/c3-2(4,6)1-5/h1,5-6H2. The minimum absolute atomic E-state index is 0.600. The molecular weight excluding hydrogens is 107 g/mol. The third kappa shape index (κ3) is 4.25. The van der Waals surface area contributed by atoms with Crippen LogP contribution in [0.2, 0.25) is 0 Å². The maximum atomic E-state index is 11.3. The molecule has 38 valence electrons. The summed E-state index contributed by atoms with van der Waals surface area (Å²) in [4.78, 5) is 0. The highest BCUT2D eigenvalue weighted by molar-refractivity contribution is 7.18. The quantitative estimate of drug-likeness (QED) is 0.490. The van der Waals surface area contributed by atoms with Crippen LogP contribution in [-0.2, 0) is 0 Å². The maximum Gasteiger partial charge on any atom is 0.270 e. The largest absolute Gasteiger partial charge is 0.325 e. The zero-order chi connectivity index (χ0) is 5.21. The Morgan fingerprint density at radius 3 is 1.83 bits per heavy atom. The summed E-state index contributed by atoms with van der Waals surface area (Å²) in [6.07, 6.45) is 0. The Labute approximate surface area is 37.1 Å². The number of alkyl halides is 2. The van der Waals surface area contributed by atoms with Gasteiger partial charge in [-0.05, 0) is 0 Å². The number of hydrogen-bond acceptors (Lipinski definition) is 1. The van der Waals surface area contributed by atoms with E-state index in [2.05, 4.69) is 5.73 Å². The molecule has 0 aromatic rings. The summed E-state index contributed by atoms with van der Waals surface area (Å²) in [5.74, 6) is 0. The molecular formula is C2H6F2NP. The van der Waals surface area contributed by atoms with Gasteiger partial charge < -0.3 is 5.73 Å². The summed E-state index contributed by atoms with van der Waals surface area (Å²) in [6.45, 7) is -0.600. The van der Waals surface area contributed by atoms with E-state index in [1.807, 2.05) is 0 Å². The van der Waals surface area contributed by atoms with Crippen molar-refractivity contribution in [2.75, 3.05) is 6.54 Å². The van der Waals surface area contributed by atoms with Crippen molar-refractivity contribution in [3.63, 3.8) is 0 Å². The first kappa shape index (κ1) is 6.25. The fourth-order valence-electron chi connectivity index (χ4n) is 0. The molecule has 0 fully saturated rings. The van der Waals surface area contributed by atoms with E-state index in [0.717, 1.165) is 0 Å². The SMILES string of the molecule is NCC(F)(F)P. The molecule has 0 aliphatic rings. The van der Waals surface area contributed by atoms with Gasteiger partial charge in [0.1, 0.15) is 0 Å². The molecule has 6 heavy (non-hydrogen) atoms. The van der Waals surface area contributed by atoms with Crippen LogP contribution >= 0.6 is 9.24 Å². The van der Waals surface area contributed by atoms with Crippen molar-refractivity contribution in [2.45, 2.75) is 5.66 Å². The Balaban J connectivity index is 3.17. The lowest BCUT2D eigenvalue weighted by Crippen LogP contribution is -2.19. The van der Waals surface area contributed by atoms with Gasteiger partial charge in [-0.3, -0.25) is 0 Å². The second-order valence-electron chi connectivity index (χ2n) is 0.965. The van der Waals surface area contributed by atoms with Crippen molar-refractivity contribution < 1.29 is 8.78 Å². The van der Waals surface area contributed by atoms with Crippen molar-refractivity contribution in [1.29, 1.82) is 0 Å². The van der Waals surface area contributed by atoms with Gasteiger partial charge in [-0.15, -0.1) is 0 Å². The Morgan fingerprint density at radius 2 is 1.83 bits per heavy atom. The van der Waals surface area contributed by atoms with Gasteiger partial charge in [0.25, 0.3) is 5.66 Å². The highest BCUT2D eigenvalue weighted by Gasteiger charge is 2.16. The molecule has 0 bridgehead atoms. The molecule has 1 unspecified atom stereocenters. The zero-order valence-electron chi connectivity index (χ0n) is 3.12. The van der Waals surface area contributed by atoms with E-state index in [1.54, 1.807) is 0 Å². The second-order valence-corrected chi connectivity index (χ2v) is 1.81. The van der Waals surface area contributed by atoms with Crippen LogP contribution in [0.3, 0.4) is 0 Å². The molecule has 1 nitrogen and oxygen atoms in total. The molecule has 2 N–H and O–H groups in total. The first-order valence-corrected chi connectivity index (χ1v) is 2.01. The zero-order valence-corrected chi connectivity index (χ0v) is 4.27. The summed E-state index contributed by atoms with van der Waals surface area (Å²) in [6, 6.07) is 0. The number of hydrogen-bond donors (Lipinski definition) is 1. The normalized spacial score (nSPS) is 12.0. The van der Waals surface area contributed by atoms with Gasteiger partial charge in [-0.2, -0.15) is 0 Å². The Morgan fingerprint density at radius 1 is 1.67 bits per heavy atom. The van der Waals surface area contributed by atoms with E-state index in [0.29, 0.717) is 0 Å². The maximum absolute atomic E-state index is 11.3. The van der Waals surface area contributed by atoms with Gasteiger partial charge in [-0.1, -0.05) is 9.24 Å². The molecule has 0 amide bonds. The fourth-order valence-corrected chi connectivity index (χ4v) is 0. The monoisotopic (exact) mass is 113 g/mol. The minimum atomic E-state index is -2.76. The van der Waals surface area contributed by atoms with Crippen molar-refractivity contribution in [3.8, 4) is 0 Å². The van der Waals surface area contributed by atoms with Gasteiger partial charge in [0.05, 0.1) is 6.54 Å². The second kappa shape index (κ2) is 1.80. The van der Waals surface area contributed by atoms with Gasteiger partial charge in [0.15, 0.2) is 0 Å². The average molecular weight is 113 g/mol. The number of nitrogens with two attached hydrogens (primary N) is 1. The Hall–Kier alpha value is 0.250. The fraction of sp³-hybridized carbons (Fsp3) is 1.00. The third-order valence-corrected chi connectivity index (χ3v) is 0.508. The van der Waals surface area contributed by atoms with Crippen LogP contribution in [0.5, 0.6) is 0 Å². The summed E-state index contributed by atoms with van der Waals surface area (Å²) in [5, 5.41) is 0. The number of rotatable bonds is 1.